The molecular weight excluding hydrogens is 493 g/mol. The van der Waals surface area contributed by atoms with Crippen molar-refractivity contribution >= 4 is 12.0 Å². The average molecular weight is 522 g/mol. The molecule has 0 atom stereocenters. The number of urea groups is 1. The third-order valence-corrected chi connectivity index (χ3v) is 7.53. The number of halogens is 1. The number of hydrogen-bond donors (Lipinski definition) is 0. The molecule has 0 N–H and O–H groups in total. The van der Waals surface area contributed by atoms with Crippen LogP contribution < -0.4 is 25.9 Å². The van der Waals surface area contributed by atoms with Gasteiger partial charge < -0.3 is 0 Å². The molecule has 2 aromatic rings. The van der Waals surface area contributed by atoms with Crippen molar-refractivity contribution in [3.63, 3.8) is 0 Å². The van der Waals surface area contributed by atoms with Gasteiger partial charge in [0.2, 0.25) is 0 Å². The normalized spacial score (nSPS) is 15.0. The maximum absolute atomic E-state index is 12.0. The summed E-state index contributed by atoms with van der Waals surface area (Å²) < 4.78 is 7.98. The van der Waals surface area contributed by atoms with Gasteiger partial charge in [-0.05, 0) is 0 Å². The summed E-state index contributed by atoms with van der Waals surface area (Å²) >= 11 is -0.209. The predicted molar refractivity (Wildman–Crippen MR) is 114 cm³/mol. The second-order valence-corrected chi connectivity index (χ2v) is 10.3. The van der Waals surface area contributed by atoms with Crippen molar-refractivity contribution in [3.8, 4) is 5.75 Å². The third-order valence-electron chi connectivity index (χ3n) is 4.84. The van der Waals surface area contributed by atoms with Crippen molar-refractivity contribution in [1.29, 1.82) is 0 Å². The van der Waals surface area contributed by atoms with Gasteiger partial charge in [0.05, 0.1) is 0 Å². The summed E-state index contributed by atoms with van der Waals surface area (Å²) in [5, 5.41) is 0. The molecule has 0 saturated carbocycles. The maximum atomic E-state index is 12.0. The van der Waals surface area contributed by atoms with Crippen LogP contribution in [0.1, 0.15) is 5.56 Å². The molecule has 8 heteroatoms. The van der Waals surface area contributed by atoms with Gasteiger partial charge in [-0.1, -0.05) is 0 Å². The number of carbonyl (C=O) groups is 1. The van der Waals surface area contributed by atoms with Gasteiger partial charge in [-0.25, -0.2) is 0 Å². The zero-order valence-corrected chi connectivity index (χ0v) is 20.3. The van der Waals surface area contributed by atoms with Gasteiger partial charge in [-0.3, -0.25) is 0 Å². The molecule has 0 radical (unpaired) electrons. The Bertz CT molecular complexity index is 871. The summed E-state index contributed by atoms with van der Waals surface area (Å²) in [6.07, 6.45) is 0. The Labute approximate surface area is 189 Å². The fourth-order valence-corrected chi connectivity index (χ4v) is 5.56. The van der Waals surface area contributed by atoms with Gasteiger partial charge in [0.1, 0.15) is 0 Å². The minimum absolute atomic E-state index is 0.0279. The fraction of sp³-hybridized carbons (Fsp3) is 0.364. The zero-order chi connectivity index (χ0) is 21.7. The van der Waals surface area contributed by atoms with Gasteiger partial charge in [-0.2, -0.15) is 0 Å². The van der Waals surface area contributed by atoms with Crippen molar-refractivity contribution in [2.75, 3.05) is 48.6 Å². The molecule has 0 spiro atoms. The van der Waals surface area contributed by atoms with Crippen LogP contribution in [0.5, 0.6) is 5.75 Å². The van der Waals surface area contributed by atoms with E-state index in [1.165, 1.54) is 12.7 Å². The molecule has 1 saturated heterocycles. The number of methoxy groups -OCH3 is 1. The summed E-state index contributed by atoms with van der Waals surface area (Å²) in [5.74, 6) is 1.76. The number of carbonyl (C=O) groups excluding carboxylic acids is 1. The number of guanidine groups is 1. The van der Waals surface area contributed by atoms with E-state index in [2.05, 4.69) is 51.2 Å². The molecule has 0 aliphatic carbocycles. The van der Waals surface area contributed by atoms with Gasteiger partial charge in [-0.15, -0.1) is 0 Å². The Morgan fingerprint density at radius 2 is 1.57 bits per heavy atom. The molecule has 1 aliphatic heterocycles. The van der Waals surface area contributed by atoms with E-state index in [9.17, 15) is 4.79 Å². The van der Waals surface area contributed by atoms with Crippen molar-refractivity contribution in [2.45, 2.75) is 6.54 Å². The van der Waals surface area contributed by atoms with Gasteiger partial charge >= 0.3 is 189 Å². The van der Waals surface area contributed by atoms with Crippen LogP contribution in [0.4, 0.5) is 4.79 Å². The molecule has 2 aromatic carbocycles. The molecule has 1 heterocycles. The zero-order valence-electron chi connectivity index (χ0n) is 18.2. The van der Waals surface area contributed by atoms with E-state index in [1.54, 1.807) is 24.0 Å². The Hall–Kier alpha value is -2.49. The summed E-state index contributed by atoms with van der Waals surface area (Å²) in [6.45, 7) is 1.82. The molecule has 1 fully saturated rings. The first-order chi connectivity index (χ1) is 14.4. The number of nitrogens with zero attached hydrogens (tertiary/aromatic N) is 5. The molecule has 0 bridgehead atoms. The minimum atomic E-state index is -0.209. The topological polar surface area (TPSA) is 51.6 Å². The fourth-order valence-electron chi connectivity index (χ4n) is 3.41. The number of hydrogen-bond acceptors (Lipinski definition) is 3. The molecular formula is C22H29IN5O2-. The predicted octanol–water partition coefficient (Wildman–Crippen LogP) is -0.545. The summed E-state index contributed by atoms with van der Waals surface area (Å²) in [6, 6.07) is 17.2. The summed E-state index contributed by atoms with van der Waals surface area (Å²) in [4.78, 5) is 24.1. The van der Waals surface area contributed by atoms with Crippen LogP contribution in [0.2, 0.25) is 0 Å². The molecule has 162 valence electrons. The second-order valence-electron chi connectivity index (χ2n) is 7.26. The van der Waals surface area contributed by atoms with Crippen LogP contribution in [0.25, 0.3) is 0 Å². The van der Waals surface area contributed by atoms with Crippen LogP contribution in [-0.2, 0) is 6.54 Å². The summed E-state index contributed by atoms with van der Waals surface area (Å²) in [5.41, 5.74) is 1.23. The number of amides is 2. The standard InChI is InChI=1S/C22H29IN5O2/c1-24-21(28-15-26(3)22(29)27(4)16-28)25(2)14-17-6-8-18(9-7-17)23-19-10-12-20(30-5)13-11-19/h6-13H,14-16H2,1-5H3/q-1. The quantitative estimate of drug-likeness (QED) is 0.301. The van der Waals surface area contributed by atoms with Crippen molar-refractivity contribution < 1.29 is 30.7 Å². The van der Waals surface area contributed by atoms with E-state index >= 15 is 0 Å². The van der Waals surface area contributed by atoms with Gasteiger partial charge in [0.15, 0.2) is 0 Å². The first kappa shape index (κ1) is 22.2. The number of aliphatic imine (C=N–C) groups is 1. The van der Waals surface area contributed by atoms with E-state index in [4.69, 9.17) is 4.74 Å². The molecule has 0 aromatic heterocycles. The Morgan fingerprint density at radius 3 is 2.07 bits per heavy atom. The molecule has 3 rings (SSSR count). The molecule has 1 aliphatic rings. The van der Waals surface area contributed by atoms with Crippen molar-refractivity contribution in [1.82, 2.24) is 19.6 Å². The first-order valence-corrected chi connectivity index (χ1v) is 11.8. The van der Waals surface area contributed by atoms with Crippen LogP contribution in [0.3, 0.4) is 0 Å². The van der Waals surface area contributed by atoms with Gasteiger partial charge in [0.25, 0.3) is 0 Å². The van der Waals surface area contributed by atoms with Crippen LogP contribution >= 0.6 is 0 Å². The van der Waals surface area contributed by atoms with Crippen molar-refractivity contribution in [2.24, 2.45) is 4.99 Å². The summed E-state index contributed by atoms with van der Waals surface area (Å²) in [7, 11) is 9.14. The average Bonchev–Trinajstić information content (AvgIpc) is 2.74. The third kappa shape index (κ3) is 5.35. The van der Waals surface area contributed by atoms with Gasteiger partial charge in [0, 0.05) is 0 Å². The van der Waals surface area contributed by atoms with Crippen LogP contribution in [-0.4, -0.2) is 80.2 Å². The van der Waals surface area contributed by atoms with E-state index in [0.717, 1.165) is 18.3 Å². The first-order valence-electron chi connectivity index (χ1n) is 9.68. The Balaban J connectivity index is 1.61. The van der Waals surface area contributed by atoms with E-state index in [-0.39, 0.29) is 27.2 Å². The van der Waals surface area contributed by atoms with Crippen LogP contribution in [0.15, 0.2) is 53.5 Å². The second kappa shape index (κ2) is 10.0. The number of ether oxygens (including phenoxy) is 1. The molecule has 2 amide bonds. The van der Waals surface area contributed by atoms with E-state index in [0.29, 0.717) is 13.3 Å². The molecule has 30 heavy (non-hydrogen) atoms. The Kier molecular flexibility index (Phi) is 7.41. The number of benzene rings is 2. The van der Waals surface area contributed by atoms with Crippen LogP contribution in [0, 0.1) is 7.14 Å². The van der Waals surface area contributed by atoms with E-state index < -0.39 is 0 Å². The SMILES string of the molecule is CN=C(N(C)Cc1ccc([I-]c2ccc(OC)cc2)cc1)N1CN(C)C(=O)N(C)C1. The monoisotopic (exact) mass is 522 g/mol. The molecule has 7 nitrogen and oxygen atoms in total. The Morgan fingerprint density at radius 1 is 1.03 bits per heavy atom. The molecule has 0 unspecified atom stereocenters. The van der Waals surface area contributed by atoms with E-state index in [1.807, 2.05) is 33.3 Å². The van der Waals surface area contributed by atoms with Crippen molar-refractivity contribution in [3.05, 3.63) is 61.2 Å². The number of rotatable bonds is 5.